The molecule has 0 spiro atoms. The number of ether oxygens (including phenoxy) is 1. The van der Waals surface area contributed by atoms with E-state index in [9.17, 15) is 19.2 Å². The monoisotopic (exact) mass is 461 g/mol. The largest absolute Gasteiger partial charge is 0.452 e. The minimum atomic E-state index is -0.868. The summed E-state index contributed by atoms with van der Waals surface area (Å²) in [5, 5.41) is 2.48. The lowest BCUT2D eigenvalue weighted by molar-refractivity contribution is -0.119. The van der Waals surface area contributed by atoms with E-state index in [2.05, 4.69) is 19.2 Å². The van der Waals surface area contributed by atoms with Crippen LogP contribution in [0.15, 0.2) is 60.7 Å². The van der Waals surface area contributed by atoms with E-state index in [1.54, 1.807) is 30.3 Å². The average Bonchev–Trinajstić information content (AvgIpc) is 2.81. The predicted molar refractivity (Wildman–Crippen MR) is 124 cm³/mol. The number of ketones is 2. The maximum Gasteiger partial charge on any atom is 0.340 e. The van der Waals surface area contributed by atoms with Crippen molar-refractivity contribution < 1.29 is 23.9 Å². The fourth-order valence-corrected chi connectivity index (χ4v) is 3.99. The molecule has 0 aliphatic heterocycles. The Morgan fingerprint density at radius 2 is 1.52 bits per heavy atom. The summed E-state index contributed by atoms with van der Waals surface area (Å²) in [7, 11) is 0. The molecule has 1 aliphatic carbocycles. The molecule has 0 atom stereocenters. The summed E-state index contributed by atoms with van der Waals surface area (Å²) in [4.78, 5) is 50.5. The molecule has 1 N–H and O–H groups in total. The second kappa shape index (κ2) is 9.00. The van der Waals surface area contributed by atoms with Crippen molar-refractivity contribution in [3.8, 4) is 0 Å². The number of nitrogens with one attached hydrogen (secondary N) is 1. The lowest BCUT2D eigenvalue weighted by Crippen LogP contribution is -2.24. The summed E-state index contributed by atoms with van der Waals surface area (Å²) >= 11 is 6.36. The first-order chi connectivity index (χ1) is 15.8. The van der Waals surface area contributed by atoms with Gasteiger partial charge in [0.2, 0.25) is 0 Å². The Bertz CT molecular complexity index is 1290. The van der Waals surface area contributed by atoms with Gasteiger partial charge < -0.3 is 10.1 Å². The van der Waals surface area contributed by atoms with E-state index in [1.165, 1.54) is 18.2 Å². The third kappa shape index (κ3) is 4.30. The van der Waals surface area contributed by atoms with Crippen molar-refractivity contribution >= 4 is 40.7 Å². The van der Waals surface area contributed by atoms with Crippen LogP contribution in [0.3, 0.4) is 0 Å². The van der Waals surface area contributed by atoms with E-state index >= 15 is 0 Å². The number of carbonyl (C=O) groups excluding carboxylic acids is 4. The van der Waals surface area contributed by atoms with Crippen LogP contribution in [0.1, 0.15) is 67.5 Å². The van der Waals surface area contributed by atoms with Gasteiger partial charge in [0.05, 0.1) is 16.1 Å². The molecule has 3 aromatic rings. The minimum Gasteiger partial charge on any atom is -0.452 e. The van der Waals surface area contributed by atoms with Gasteiger partial charge in [0.25, 0.3) is 5.91 Å². The number of esters is 1. The van der Waals surface area contributed by atoms with Crippen molar-refractivity contribution in [2.75, 3.05) is 11.9 Å². The third-order valence-corrected chi connectivity index (χ3v) is 5.84. The molecule has 0 saturated heterocycles. The van der Waals surface area contributed by atoms with Crippen molar-refractivity contribution in [3.63, 3.8) is 0 Å². The first kappa shape index (κ1) is 22.4. The molecule has 4 rings (SSSR count). The van der Waals surface area contributed by atoms with Crippen LogP contribution in [0.4, 0.5) is 5.69 Å². The summed E-state index contributed by atoms with van der Waals surface area (Å²) < 4.78 is 5.10. The van der Waals surface area contributed by atoms with Gasteiger partial charge in [-0.3, -0.25) is 14.4 Å². The van der Waals surface area contributed by atoms with Crippen molar-refractivity contribution in [2.45, 2.75) is 19.8 Å². The van der Waals surface area contributed by atoms with Crippen molar-refractivity contribution in [1.29, 1.82) is 0 Å². The quantitative estimate of drug-likeness (QED) is 0.421. The molecule has 0 fully saturated rings. The van der Waals surface area contributed by atoms with Gasteiger partial charge in [0, 0.05) is 22.4 Å². The summed E-state index contributed by atoms with van der Waals surface area (Å²) in [5.41, 5.74) is 2.23. The van der Waals surface area contributed by atoms with Crippen LogP contribution in [-0.4, -0.2) is 30.0 Å². The summed E-state index contributed by atoms with van der Waals surface area (Å²) in [5.74, 6) is -1.80. The Morgan fingerprint density at radius 3 is 2.15 bits per heavy atom. The molecular formula is C26H20ClNO5. The zero-order valence-corrected chi connectivity index (χ0v) is 18.7. The molecule has 33 heavy (non-hydrogen) atoms. The highest BCUT2D eigenvalue weighted by Gasteiger charge is 2.33. The van der Waals surface area contributed by atoms with Gasteiger partial charge in [0.15, 0.2) is 18.2 Å². The smallest absolute Gasteiger partial charge is 0.340 e. The van der Waals surface area contributed by atoms with Gasteiger partial charge in [-0.25, -0.2) is 4.79 Å². The van der Waals surface area contributed by atoms with Crippen LogP contribution in [-0.2, 0) is 9.53 Å². The number of rotatable bonds is 5. The second-order valence-electron chi connectivity index (χ2n) is 7.95. The predicted octanol–water partition coefficient (Wildman–Crippen LogP) is 5.03. The Balaban J connectivity index is 1.47. The highest BCUT2D eigenvalue weighted by molar-refractivity contribution is 6.41. The molecule has 1 amide bonds. The van der Waals surface area contributed by atoms with E-state index in [4.69, 9.17) is 16.3 Å². The number of carbonyl (C=O) groups is 4. The minimum absolute atomic E-state index is 0.0375. The van der Waals surface area contributed by atoms with Crippen LogP contribution < -0.4 is 5.32 Å². The lowest BCUT2D eigenvalue weighted by Gasteiger charge is -2.19. The molecule has 0 heterocycles. The molecule has 166 valence electrons. The lowest BCUT2D eigenvalue weighted by atomic mass is 9.83. The van der Waals surface area contributed by atoms with Crippen LogP contribution >= 0.6 is 11.6 Å². The van der Waals surface area contributed by atoms with Crippen molar-refractivity contribution in [3.05, 3.63) is 99.1 Å². The van der Waals surface area contributed by atoms with E-state index in [0.29, 0.717) is 17.2 Å². The molecule has 3 aromatic carbocycles. The highest BCUT2D eigenvalue weighted by atomic mass is 35.5. The first-order valence-corrected chi connectivity index (χ1v) is 10.7. The van der Waals surface area contributed by atoms with Gasteiger partial charge >= 0.3 is 5.97 Å². The van der Waals surface area contributed by atoms with Gasteiger partial charge in [-0.15, -0.1) is 0 Å². The maximum absolute atomic E-state index is 12.9. The standard InChI is InChI=1S/C26H20ClNO5/c1-14(2)15-7-9-16(10-8-15)28-21(29)13-33-26(32)20-12-11-19-22(23(20)27)25(31)18-6-4-3-5-17(18)24(19)30/h3-12,14H,13H2,1-2H3,(H,28,29). The number of anilines is 1. The molecule has 0 saturated carbocycles. The molecule has 1 aliphatic rings. The van der Waals surface area contributed by atoms with Crippen molar-refractivity contribution in [2.24, 2.45) is 0 Å². The van der Waals surface area contributed by atoms with Crippen LogP contribution in [0.2, 0.25) is 5.02 Å². The molecule has 0 aromatic heterocycles. The summed E-state index contributed by atoms with van der Waals surface area (Å²) in [6, 6.07) is 16.5. The number of hydrogen-bond donors (Lipinski definition) is 1. The first-order valence-electron chi connectivity index (χ1n) is 10.4. The van der Waals surface area contributed by atoms with Gasteiger partial charge in [-0.05, 0) is 35.7 Å². The summed E-state index contributed by atoms with van der Waals surface area (Å²) in [6.45, 7) is 3.61. The fraction of sp³-hybridized carbons (Fsp3) is 0.154. The Hall–Kier alpha value is -3.77. The molecule has 6 nitrogen and oxygen atoms in total. The zero-order valence-electron chi connectivity index (χ0n) is 18.0. The molecule has 0 unspecified atom stereocenters. The van der Waals surface area contributed by atoms with E-state index < -0.39 is 24.3 Å². The van der Waals surface area contributed by atoms with Gasteiger partial charge in [0.1, 0.15) is 0 Å². The van der Waals surface area contributed by atoms with Gasteiger partial charge in [-0.1, -0.05) is 61.8 Å². The van der Waals surface area contributed by atoms with Gasteiger partial charge in [-0.2, -0.15) is 0 Å². The zero-order chi connectivity index (χ0) is 23.7. The fourth-order valence-electron chi connectivity index (χ4n) is 3.66. The molecule has 0 radical (unpaired) electrons. The summed E-state index contributed by atoms with van der Waals surface area (Å²) in [6.07, 6.45) is 0. The maximum atomic E-state index is 12.9. The Labute approximate surface area is 195 Å². The second-order valence-corrected chi connectivity index (χ2v) is 8.33. The molecule has 7 heteroatoms. The van der Waals surface area contributed by atoms with Crippen molar-refractivity contribution in [1.82, 2.24) is 0 Å². The Morgan fingerprint density at radius 1 is 0.879 bits per heavy atom. The average molecular weight is 462 g/mol. The highest BCUT2D eigenvalue weighted by Crippen LogP contribution is 2.34. The number of amides is 1. The van der Waals surface area contributed by atoms with Crippen LogP contribution in [0, 0.1) is 0 Å². The SMILES string of the molecule is CC(C)c1ccc(NC(=O)COC(=O)c2ccc3c(c2Cl)C(=O)c2ccccc2C3=O)cc1. The molecular weight excluding hydrogens is 442 g/mol. The third-order valence-electron chi connectivity index (χ3n) is 5.45. The number of hydrogen-bond acceptors (Lipinski definition) is 5. The van der Waals surface area contributed by atoms with E-state index in [1.807, 2.05) is 12.1 Å². The molecule has 0 bridgehead atoms. The number of fused-ring (bicyclic) bond motifs is 2. The topological polar surface area (TPSA) is 89.5 Å². The van der Waals surface area contributed by atoms with E-state index in [0.717, 1.165) is 5.56 Å². The normalized spacial score (nSPS) is 12.2. The number of halogens is 1. The van der Waals surface area contributed by atoms with Crippen LogP contribution in [0.25, 0.3) is 0 Å². The number of benzene rings is 3. The van der Waals surface area contributed by atoms with Crippen LogP contribution in [0.5, 0.6) is 0 Å². The Kier molecular flexibility index (Phi) is 6.11. The van der Waals surface area contributed by atoms with E-state index in [-0.39, 0.29) is 33.1 Å².